The molecule has 2 rings (SSSR count). The van der Waals surface area contributed by atoms with E-state index in [0.717, 1.165) is 28.3 Å². The maximum absolute atomic E-state index is 6.11. The number of nitrogens with two attached hydrogens (primary N) is 1. The second-order valence-electron chi connectivity index (χ2n) is 5.27. The summed E-state index contributed by atoms with van der Waals surface area (Å²) in [6.45, 7) is 5.44. The van der Waals surface area contributed by atoms with Crippen LogP contribution in [0.25, 0.3) is 0 Å². The molecule has 0 aliphatic carbocycles. The maximum atomic E-state index is 6.11. The molecule has 2 aromatic carbocycles. The molecule has 0 saturated carbocycles. The van der Waals surface area contributed by atoms with Gasteiger partial charge in [0.2, 0.25) is 0 Å². The molecule has 1 atom stereocenters. The van der Waals surface area contributed by atoms with Gasteiger partial charge in [0, 0.05) is 5.02 Å². The van der Waals surface area contributed by atoms with Gasteiger partial charge in [0.25, 0.3) is 0 Å². The first-order chi connectivity index (χ1) is 10.1. The van der Waals surface area contributed by atoms with Crippen LogP contribution in [-0.2, 0) is 13.0 Å². The van der Waals surface area contributed by atoms with Gasteiger partial charge in [0.1, 0.15) is 12.4 Å². The smallest absolute Gasteiger partial charge is 0.120 e. The molecule has 0 aliphatic heterocycles. The van der Waals surface area contributed by atoms with Crippen molar-refractivity contribution in [3.63, 3.8) is 0 Å². The van der Waals surface area contributed by atoms with E-state index in [9.17, 15) is 0 Å². The number of hydrogen-bond acceptors (Lipinski definition) is 2. The van der Waals surface area contributed by atoms with Crippen LogP contribution in [0.4, 0.5) is 0 Å². The number of hydrogen-bond donors (Lipinski definition) is 1. The highest BCUT2D eigenvalue weighted by Gasteiger charge is 2.04. The molecule has 0 amide bonds. The van der Waals surface area contributed by atoms with Crippen molar-refractivity contribution in [2.45, 2.75) is 32.8 Å². The molecule has 0 aromatic heterocycles. The third-order valence-corrected chi connectivity index (χ3v) is 4.07. The lowest BCUT2D eigenvalue weighted by molar-refractivity contribution is 0.306. The van der Waals surface area contributed by atoms with E-state index in [-0.39, 0.29) is 0 Å². The van der Waals surface area contributed by atoms with Crippen molar-refractivity contribution in [3.8, 4) is 5.75 Å². The normalized spacial score (nSPS) is 12.2. The monoisotopic (exact) mass is 303 g/mol. The minimum Gasteiger partial charge on any atom is -0.489 e. The van der Waals surface area contributed by atoms with E-state index in [2.05, 4.69) is 38.1 Å². The highest BCUT2D eigenvalue weighted by molar-refractivity contribution is 6.31. The summed E-state index contributed by atoms with van der Waals surface area (Å²) in [6, 6.07) is 14.2. The Morgan fingerprint density at radius 1 is 1.14 bits per heavy atom. The van der Waals surface area contributed by atoms with E-state index in [1.54, 1.807) is 0 Å². The van der Waals surface area contributed by atoms with Crippen molar-refractivity contribution in [1.82, 2.24) is 0 Å². The molecule has 0 fully saturated rings. The fourth-order valence-electron chi connectivity index (χ4n) is 2.16. The van der Waals surface area contributed by atoms with Gasteiger partial charge in [-0.05, 0) is 53.8 Å². The van der Waals surface area contributed by atoms with Crippen LogP contribution in [0.2, 0.25) is 5.02 Å². The largest absolute Gasteiger partial charge is 0.489 e. The molecule has 3 heteroatoms. The van der Waals surface area contributed by atoms with Gasteiger partial charge in [0.05, 0.1) is 0 Å². The highest BCUT2D eigenvalue weighted by Crippen LogP contribution is 2.23. The number of ether oxygens (including phenoxy) is 1. The van der Waals surface area contributed by atoms with Gasteiger partial charge in [-0.2, -0.15) is 0 Å². The van der Waals surface area contributed by atoms with Crippen molar-refractivity contribution in [2.75, 3.05) is 6.54 Å². The zero-order valence-corrected chi connectivity index (χ0v) is 13.4. The van der Waals surface area contributed by atoms with Gasteiger partial charge >= 0.3 is 0 Å². The SMILES string of the molecule is CCc1cc(OCc2ccc(C(C)CN)cc2)ccc1Cl. The summed E-state index contributed by atoms with van der Waals surface area (Å²) in [5, 5.41) is 0.796. The van der Waals surface area contributed by atoms with E-state index >= 15 is 0 Å². The third-order valence-electron chi connectivity index (χ3n) is 3.71. The minimum absolute atomic E-state index is 0.392. The molecule has 0 bridgehead atoms. The van der Waals surface area contributed by atoms with Crippen LogP contribution in [0.3, 0.4) is 0 Å². The summed E-state index contributed by atoms with van der Waals surface area (Å²) >= 11 is 6.11. The molecule has 0 heterocycles. The minimum atomic E-state index is 0.392. The van der Waals surface area contributed by atoms with Crippen molar-refractivity contribution >= 4 is 11.6 Å². The fourth-order valence-corrected chi connectivity index (χ4v) is 2.41. The zero-order valence-electron chi connectivity index (χ0n) is 12.6. The van der Waals surface area contributed by atoms with Crippen LogP contribution in [-0.4, -0.2) is 6.54 Å². The van der Waals surface area contributed by atoms with E-state index < -0.39 is 0 Å². The van der Waals surface area contributed by atoms with Crippen molar-refractivity contribution in [3.05, 3.63) is 64.2 Å². The van der Waals surface area contributed by atoms with Crippen LogP contribution >= 0.6 is 11.6 Å². The average Bonchev–Trinajstić information content (AvgIpc) is 2.53. The predicted molar refractivity (Wildman–Crippen MR) is 89.1 cm³/mol. The van der Waals surface area contributed by atoms with E-state index in [4.69, 9.17) is 22.1 Å². The number of aryl methyl sites for hydroxylation is 1. The quantitative estimate of drug-likeness (QED) is 0.850. The van der Waals surface area contributed by atoms with E-state index in [1.807, 2.05) is 18.2 Å². The fraction of sp³-hybridized carbons (Fsp3) is 0.333. The first kappa shape index (κ1) is 15.9. The van der Waals surface area contributed by atoms with Gasteiger partial charge in [-0.15, -0.1) is 0 Å². The Hall–Kier alpha value is -1.51. The van der Waals surface area contributed by atoms with Gasteiger partial charge in [-0.1, -0.05) is 49.7 Å². The second-order valence-corrected chi connectivity index (χ2v) is 5.68. The van der Waals surface area contributed by atoms with Crippen LogP contribution in [0, 0.1) is 0 Å². The third kappa shape index (κ3) is 4.23. The van der Waals surface area contributed by atoms with Crippen molar-refractivity contribution < 1.29 is 4.74 Å². The molecule has 0 radical (unpaired) electrons. The molecule has 2 aromatic rings. The predicted octanol–water partition coefficient (Wildman–Crippen LogP) is 4.54. The van der Waals surface area contributed by atoms with E-state index in [1.165, 1.54) is 5.56 Å². The number of rotatable bonds is 6. The Morgan fingerprint density at radius 3 is 2.48 bits per heavy atom. The molecule has 2 N–H and O–H groups in total. The van der Waals surface area contributed by atoms with Gasteiger partial charge in [0.15, 0.2) is 0 Å². The molecule has 0 saturated heterocycles. The molecule has 2 nitrogen and oxygen atoms in total. The van der Waals surface area contributed by atoms with Crippen LogP contribution in [0.1, 0.15) is 36.5 Å². The molecule has 1 unspecified atom stereocenters. The first-order valence-electron chi connectivity index (χ1n) is 7.34. The van der Waals surface area contributed by atoms with Gasteiger partial charge in [-0.25, -0.2) is 0 Å². The Labute approximate surface area is 131 Å². The summed E-state index contributed by atoms with van der Waals surface area (Å²) in [5.41, 5.74) is 9.21. The molecule has 112 valence electrons. The average molecular weight is 304 g/mol. The van der Waals surface area contributed by atoms with Gasteiger partial charge in [-0.3, -0.25) is 0 Å². The highest BCUT2D eigenvalue weighted by atomic mass is 35.5. The van der Waals surface area contributed by atoms with Crippen molar-refractivity contribution in [2.24, 2.45) is 5.73 Å². The van der Waals surface area contributed by atoms with Crippen LogP contribution < -0.4 is 10.5 Å². The molecular formula is C18H22ClNO. The number of benzene rings is 2. The standard InChI is InChI=1S/C18H22ClNO/c1-3-15-10-17(8-9-18(15)19)21-12-14-4-6-16(7-5-14)13(2)11-20/h4-10,13H,3,11-12,20H2,1-2H3. The summed E-state index contributed by atoms with van der Waals surface area (Å²) in [4.78, 5) is 0. The van der Waals surface area contributed by atoms with Crippen molar-refractivity contribution in [1.29, 1.82) is 0 Å². The maximum Gasteiger partial charge on any atom is 0.120 e. The summed E-state index contributed by atoms with van der Waals surface area (Å²) in [7, 11) is 0. The van der Waals surface area contributed by atoms with E-state index in [0.29, 0.717) is 19.1 Å². The Bertz CT molecular complexity index is 580. The Balaban J connectivity index is 1.99. The topological polar surface area (TPSA) is 35.2 Å². The van der Waals surface area contributed by atoms with Crippen LogP contribution in [0.5, 0.6) is 5.75 Å². The summed E-state index contributed by atoms with van der Waals surface area (Å²) in [5.74, 6) is 1.25. The Kier molecular flexibility index (Phi) is 5.66. The number of halogens is 1. The Morgan fingerprint density at radius 2 is 1.86 bits per heavy atom. The zero-order chi connectivity index (χ0) is 15.2. The molecule has 21 heavy (non-hydrogen) atoms. The second kappa shape index (κ2) is 7.48. The molecular weight excluding hydrogens is 282 g/mol. The summed E-state index contributed by atoms with van der Waals surface area (Å²) in [6.07, 6.45) is 0.904. The first-order valence-corrected chi connectivity index (χ1v) is 7.72. The molecule has 0 spiro atoms. The molecule has 0 aliphatic rings. The van der Waals surface area contributed by atoms with Crippen LogP contribution in [0.15, 0.2) is 42.5 Å². The lowest BCUT2D eigenvalue weighted by atomic mass is 10.0. The lowest BCUT2D eigenvalue weighted by Gasteiger charge is -2.11. The summed E-state index contributed by atoms with van der Waals surface area (Å²) < 4.78 is 5.83. The van der Waals surface area contributed by atoms with Gasteiger partial charge < -0.3 is 10.5 Å². The lowest BCUT2D eigenvalue weighted by Crippen LogP contribution is -2.08.